The molecule has 0 saturated carbocycles. The summed E-state index contributed by atoms with van der Waals surface area (Å²) < 4.78 is 35.9. The van der Waals surface area contributed by atoms with E-state index in [0.29, 0.717) is 23.9 Å². The summed E-state index contributed by atoms with van der Waals surface area (Å²) in [7, 11) is 0. The van der Waals surface area contributed by atoms with Crippen molar-refractivity contribution in [3.05, 3.63) is 99.0 Å². The summed E-state index contributed by atoms with van der Waals surface area (Å²) in [6, 6.07) is 11.5. The highest BCUT2D eigenvalue weighted by atomic mass is 79.9. The standard InChI is InChI=1S/C30H27BrF2N4O5/c1-17-9-10-30(12-24(31)35-42-30)23-15-36(17)29(40)25-27(41-16-18-5-3-2-4-6-18)26(38)21(14-37(23)25)28(39)34-13-19-7-8-20(32)11-22(19)33/h2-8,11,14,17,23H,9-10,12-13,15-16H2,1H3,(H,34,39)/t17-,23+,30-/m0/s1. The van der Waals surface area contributed by atoms with Crippen LogP contribution in [0.3, 0.4) is 0 Å². The maximum atomic E-state index is 14.2. The molecule has 0 unspecified atom stereocenters. The highest BCUT2D eigenvalue weighted by Gasteiger charge is 2.54. The summed E-state index contributed by atoms with van der Waals surface area (Å²) in [5, 5.41) is 6.70. The summed E-state index contributed by atoms with van der Waals surface area (Å²) in [5.41, 5.74) is -1.03. The van der Waals surface area contributed by atoms with Crippen LogP contribution in [0.25, 0.3) is 0 Å². The molecular formula is C30H27BrF2N4O5. The Kier molecular flexibility index (Phi) is 7.34. The van der Waals surface area contributed by atoms with Crippen LogP contribution in [0.1, 0.15) is 64.2 Å². The molecule has 6 rings (SSSR count). The molecule has 12 heteroatoms. The van der Waals surface area contributed by atoms with Crippen molar-refractivity contribution in [3.8, 4) is 5.75 Å². The molecule has 3 aliphatic rings. The van der Waals surface area contributed by atoms with Gasteiger partial charge >= 0.3 is 0 Å². The van der Waals surface area contributed by atoms with Gasteiger partial charge in [-0.25, -0.2) is 8.78 Å². The number of ether oxygens (including phenoxy) is 1. The largest absolute Gasteiger partial charge is 0.483 e. The fraction of sp³-hybridized carbons (Fsp3) is 0.333. The van der Waals surface area contributed by atoms with E-state index in [-0.39, 0.29) is 54.2 Å². The molecule has 1 N–H and O–H groups in total. The Morgan fingerprint density at radius 1 is 1.21 bits per heavy atom. The van der Waals surface area contributed by atoms with Crippen molar-refractivity contribution >= 4 is 32.4 Å². The second-order valence-corrected chi connectivity index (χ2v) is 11.7. The molecule has 2 bridgehead atoms. The van der Waals surface area contributed by atoms with Crippen molar-refractivity contribution < 1.29 is 27.9 Å². The van der Waals surface area contributed by atoms with Crippen LogP contribution < -0.4 is 15.5 Å². The molecular weight excluding hydrogens is 614 g/mol. The van der Waals surface area contributed by atoms with Crippen LogP contribution in [0, 0.1) is 11.6 Å². The number of fused-ring (bicyclic) bond motifs is 5. The average Bonchev–Trinajstić information content (AvgIpc) is 3.31. The highest BCUT2D eigenvalue weighted by molar-refractivity contribution is 9.18. The Hall–Kier alpha value is -4.06. The molecule has 1 saturated heterocycles. The summed E-state index contributed by atoms with van der Waals surface area (Å²) in [4.78, 5) is 49.0. The van der Waals surface area contributed by atoms with Gasteiger partial charge in [-0.05, 0) is 47.3 Å². The predicted molar refractivity (Wildman–Crippen MR) is 153 cm³/mol. The van der Waals surface area contributed by atoms with Crippen LogP contribution in [0.2, 0.25) is 0 Å². The summed E-state index contributed by atoms with van der Waals surface area (Å²) in [6.07, 6.45) is 3.03. The number of aromatic nitrogens is 1. The lowest BCUT2D eigenvalue weighted by molar-refractivity contribution is -0.0656. The lowest BCUT2D eigenvalue weighted by Gasteiger charge is -2.42. The highest BCUT2D eigenvalue weighted by Crippen LogP contribution is 2.47. The van der Waals surface area contributed by atoms with Gasteiger partial charge in [0, 0.05) is 43.4 Å². The average molecular weight is 641 g/mol. The second-order valence-electron chi connectivity index (χ2n) is 10.8. The fourth-order valence-electron chi connectivity index (χ4n) is 5.86. The first-order valence-corrected chi connectivity index (χ1v) is 14.4. The molecule has 3 aliphatic heterocycles. The SMILES string of the molecule is C[C@H]1CC[C@]2(CC(Br)=NO2)[C@H]2CN1C(=O)c1c(OCc3ccccc3)c(=O)c(C(=O)NCc3ccc(F)cc3F)cn12. The van der Waals surface area contributed by atoms with Gasteiger partial charge in [-0.1, -0.05) is 41.6 Å². The number of nitrogens with zero attached hydrogens (tertiary/aromatic N) is 3. The maximum absolute atomic E-state index is 14.2. The smallest absolute Gasteiger partial charge is 0.274 e. The quantitative estimate of drug-likeness (QED) is 0.422. The fourth-order valence-corrected chi connectivity index (χ4v) is 6.40. The number of carbonyl (C=O) groups excluding carboxylic acids is 2. The van der Waals surface area contributed by atoms with Crippen LogP contribution >= 0.6 is 15.9 Å². The molecule has 1 fully saturated rings. The Morgan fingerprint density at radius 2 is 2.00 bits per heavy atom. The molecule has 1 aromatic heterocycles. The molecule has 3 aromatic rings. The Balaban J connectivity index is 1.45. The first-order chi connectivity index (χ1) is 20.2. The zero-order valence-electron chi connectivity index (χ0n) is 22.6. The first-order valence-electron chi connectivity index (χ1n) is 13.6. The lowest BCUT2D eigenvalue weighted by atomic mass is 9.86. The predicted octanol–water partition coefficient (Wildman–Crippen LogP) is 4.68. The second kappa shape index (κ2) is 11.0. The van der Waals surface area contributed by atoms with Gasteiger partial charge in [-0.2, -0.15) is 0 Å². The molecule has 2 amide bonds. The van der Waals surface area contributed by atoms with Crippen molar-refractivity contribution in [1.29, 1.82) is 0 Å². The van der Waals surface area contributed by atoms with Crippen LogP contribution in [-0.2, 0) is 18.0 Å². The third-order valence-corrected chi connectivity index (χ3v) is 8.61. The van der Waals surface area contributed by atoms with Gasteiger partial charge in [0.2, 0.25) is 5.43 Å². The van der Waals surface area contributed by atoms with E-state index in [0.717, 1.165) is 17.7 Å². The minimum atomic E-state index is -0.825. The number of rotatable bonds is 6. The first kappa shape index (κ1) is 28.1. The number of pyridine rings is 1. The van der Waals surface area contributed by atoms with E-state index in [1.807, 2.05) is 37.3 Å². The Labute approximate surface area is 248 Å². The van der Waals surface area contributed by atoms with E-state index in [1.54, 1.807) is 9.47 Å². The van der Waals surface area contributed by atoms with Crippen LogP contribution in [-0.4, -0.2) is 44.1 Å². The number of carbonyl (C=O) groups is 2. The summed E-state index contributed by atoms with van der Waals surface area (Å²) >= 11 is 3.44. The van der Waals surface area contributed by atoms with Crippen molar-refractivity contribution in [2.24, 2.45) is 5.16 Å². The molecule has 3 atom stereocenters. The zero-order chi connectivity index (χ0) is 29.6. The monoisotopic (exact) mass is 640 g/mol. The number of hydrogen-bond acceptors (Lipinski definition) is 6. The van der Waals surface area contributed by atoms with Gasteiger partial charge < -0.3 is 24.4 Å². The van der Waals surface area contributed by atoms with Gasteiger partial charge in [-0.15, -0.1) is 0 Å². The Bertz CT molecular complexity index is 1660. The topological polar surface area (TPSA) is 102 Å². The third-order valence-electron chi connectivity index (χ3n) is 8.18. The molecule has 9 nitrogen and oxygen atoms in total. The van der Waals surface area contributed by atoms with Gasteiger partial charge in [-0.3, -0.25) is 14.4 Å². The molecule has 0 aliphatic carbocycles. The number of oxime groups is 1. The van der Waals surface area contributed by atoms with E-state index in [9.17, 15) is 23.2 Å². The molecule has 0 radical (unpaired) electrons. The number of hydrogen-bond donors (Lipinski definition) is 1. The molecule has 42 heavy (non-hydrogen) atoms. The minimum absolute atomic E-state index is 0.0151. The summed E-state index contributed by atoms with van der Waals surface area (Å²) in [5.74, 6) is -2.99. The van der Waals surface area contributed by atoms with E-state index >= 15 is 0 Å². The van der Waals surface area contributed by atoms with Crippen LogP contribution in [0.5, 0.6) is 5.75 Å². The number of amides is 2. The normalized spacial score (nSPS) is 22.7. The lowest BCUT2D eigenvalue weighted by Crippen LogP contribution is -2.52. The van der Waals surface area contributed by atoms with E-state index in [4.69, 9.17) is 9.57 Å². The number of benzene rings is 2. The van der Waals surface area contributed by atoms with Gasteiger partial charge in [0.15, 0.2) is 17.0 Å². The van der Waals surface area contributed by atoms with Crippen molar-refractivity contribution in [1.82, 2.24) is 14.8 Å². The van der Waals surface area contributed by atoms with Crippen molar-refractivity contribution in [2.45, 2.75) is 57.0 Å². The molecule has 4 heterocycles. The van der Waals surface area contributed by atoms with E-state index < -0.39 is 34.6 Å². The van der Waals surface area contributed by atoms with Crippen molar-refractivity contribution in [3.63, 3.8) is 0 Å². The Morgan fingerprint density at radius 3 is 2.71 bits per heavy atom. The third kappa shape index (κ3) is 4.97. The van der Waals surface area contributed by atoms with Gasteiger partial charge in [0.05, 0.1) is 6.04 Å². The molecule has 2 aromatic carbocycles. The number of nitrogens with one attached hydrogen (secondary N) is 1. The van der Waals surface area contributed by atoms with Crippen LogP contribution in [0.4, 0.5) is 8.78 Å². The molecule has 1 spiro atoms. The summed E-state index contributed by atoms with van der Waals surface area (Å²) in [6.45, 7) is 1.94. The van der Waals surface area contributed by atoms with Gasteiger partial charge in [0.1, 0.15) is 28.4 Å². The number of halogens is 3. The molecule has 218 valence electrons. The van der Waals surface area contributed by atoms with E-state index in [1.165, 1.54) is 12.3 Å². The van der Waals surface area contributed by atoms with Gasteiger partial charge in [0.25, 0.3) is 11.8 Å². The van der Waals surface area contributed by atoms with E-state index in [2.05, 4.69) is 26.4 Å². The minimum Gasteiger partial charge on any atom is -0.483 e. The maximum Gasteiger partial charge on any atom is 0.274 e. The van der Waals surface area contributed by atoms with Crippen molar-refractivity contribution in [2.75, 3.05) is 6.54 Å². The zero-order valence-corrected chi connectivity index (χ0v) is 24.2. The van der Waals surface area contributed by atoms with Crippen LogP contribution in [0.15, 0.2) is 64.7 Å².